The van der Waals surface area contributed by atoms with Crippen molar-refractivity contribution in [1.82, 2.24) is 0 Å². The number of ketones is 1. The molecule has 0 radical (unpaired) electrons. The predicted octanol–water partition coefficient (Wildman–Crippen LogP) is 3.62. The minimum Gasteiger partial charge on any atom is -0.497 e. The lowest BCUT2D eigenvalue weighted by atomic mass is 9.79. The third-order valence-electron chi connectivity index (χ3n) is 3.85. The first kappa shape index (κ1) is 14.1. The fourth-order valence-electron chi connectivity index (χ4n) is 2.84. The van der Waals surface area contributed by atoms with Crippen molar-refractivity contribution in [3.63, 3.8) is 0 Å². The average molecular weight is 262 g/mol. The molecular formula is C16H22O3. The summed E-state index contributed by atoms with van der Waals surface area (Å²) in [5, 5.41) is 0. The number of hydrogen-bond acceptors (Lipinski definition) is 3. The van der Waals surface area contributed by atoms with E-state index in [-0.39, 0.29) is 5.78 Å². The molecular weight excluding hydrogens is 240 g/mol. The van der Waals surface area contributed by atoms with Crippen LogP contribution in [0, 0.1) is 0 Å². The smallest absolute Gasteiger partial charge is 0.194 e. The van der Waals surface area contributed by atoms with Gasteiger partial charge in [-0.15, -0.1) is 0 Å². The second-order valence-electron chi connectivity index (χ2n) is 5.05. The summed E-state index contributed by atoms with van der Waals surface area (Å²) in [5.74, 6) is 0.891. The molecule has 0 amide bonds. The van der Waals surface area contributed by atoms with Crippen LogP contribution < -0.4 is 4.74 Å². The van der Waals surface area contributed by atoms with Crippen molar-refractivity contribution < 1.29 is 14.3 Å². The summed E-state index contributed by atoms with van der Waals surface area (Å²) in [7, 11) is 1.62. The van der Waals surface area contributed by atoms with Crippen molar-refractivity contribution in [3.05, 3.63) is 29.8 Å². The summed E-state index contributed by atoms with van der Waals surface area (Å²) in [4.78, 5) is 12.7. The molecule has 0 atom stereocenters. The molecule has 0 unspecified atom stereocenters. The van der Waals surface area contributed by atoms with E-state index in [0.29, 0.717) is 6.61 Å². The molecule has 0 aliphatic heterocycles. The quantitative estimate of drug-likeness (QED) is 0.760. The summed E-state index contributed by atoms with van der Waals surface area (Å²) in [6.45, 7) is 2.54. The van der Waals surface area contributed by atoms with E-state index in [4.69, 9.17) is 9.47 Å². The zero-order chi connectivity index (χ0) is 13.7. The monoisotopic (exact) mass is 262 g/mol. The molecule has 2 rings (SSSR count). The molecule has 3 nitrogen and oxygen atoms in total. The van der Waals surface area contributed by atoms with Crippen molar-refractivity contribution in [2.45, 2.75) is 44.6 Å². The topological polar surface area (TPSA) is 35.5 Å². The Balaban J connectivity index is 2.22. The molecule has 1 fully saturated rings. The standard InChI is InChI=1S/C16H22O3/c1-3-19-16(11-5-4-6-12-16)15(17)13-7-9-14(18-2)10-8-13/h7-10H,3-6,11-12H2,1-2H3. The van der Waals surface area contributed by atoms with Gasteiger partial charge in [0.1, 0.15) is 11.4 Å². The highest BCUT2D eigenvalue weighted by Crippen LogP contribution is 2.35. The van der Waals surface area contributed by atoms with Gasteiger partial charge >= 0.3 is 0 Å². The molecule has 0 bridgehead atoms. The zero-order valence-corrected chi connectivity index (χ0v) is 11.8. The first-order chi connectivity index (χ1) is 9.22. The Bertz CT molecular complexity index is 411. The number of carbonyl (C=O) groups excluding carboxylic acids is 1. The van der Waals surface area contributed by atoms with Crippen molar-refractivity contribution >= 4 is 5.78 Å². The van der Waals surface area contributed by atoms with Gasteiger partial charge < -0.3 is 9.47 Å². The molecule has 1 aromatic rings. The lowest BCUT2D eigenvalue weighted by Crippen LogP contribution is -2.43. The van der Waals surface area contributed by atoms with Gasteiger partial charge in [0, 0.05) is 12.2 Å². The molecule has 0 spiro atoms. The van der Waals surface area contributed by atoms with Gasteiger partial charge in [-0.3, -0.25) is 4.79 Å². The maximum Gasteiger partial charge on any atom is 0.194 e. The third-order valence-corrected chi connectivity index (χ3v) is 3.85. The molecule has 104 valence electrons. The second kappa shape index (κ2) is 6.20. The molecule has 1 saturated carbocycles. The molecule has 3 heteroatoms. The Hall–Kier alpha value is -1.35. The van der Waals surface area contributed by atoms with Crippen molar-refractivity contribution in [3.8, 4) is 5.75 Å². The van der Waals surface area contributed by atoms with E-state index < -0.39 is 5.60 Å². The van der Waals surface area contributed by atoms with Crippen LogP contribution in [0.15, 0.2) is 24.3 Å². The van der Waals surface area contributed by atoms with Gasteiger partial charge in [-0.05, 0) is 44.0 Å². The maximum absolute atomic E-state index is 12.7. The van der Waals surface area contributed by atoms with Crippen LogP contribution in [0.2, 0.25) is 0 Å². The fourth-order valence-corrected chi connectivity index (χ4v) is 2.84. The summed E-state index contributed by atoms with van der Waals surface area (Å²) in [6.07, 6.45) is 5.02. The van der Waals surface area contributed by atoms with Crippen LogP contribution in [0.25, 0.3) is 0 Å². The van der Waals surface area contributed by atoms with E-state index in [2.05, 4.69) is 0 Å². The van der Waals surface area contributed by atoms with Gasteiger partial charge in [0.2, 0.25) is 0 Å². The van der Waals surface area contributed by atoms with E-state index in [1.165, 1.54) is 6.42 Å². The van der Waals surface area contributed by atoms with E-state index in [9.17, 15) is 4.79 Å². The molecule has 0 saturated heterocycles. The first-order valence-electron chi connectivity index (χ1n) is 7.04. The molecule has 19 heavy (non-hydrogen) atoms. The lowest BCUT2D eigenvalue weighted by molar-refractivity contribution is -0.0411. The summed E-state index contributed by atoms with van der Waals surface area (Å²) in [5.41, 5.74) is 0.123. The summed E-state index contributed by atoms with van der Waals surface area (Å²) < 4.78 is 11.0. The number of hydrogen-bond donors (Lipinski definition) is 0. The van der Waals surface area contributed by atoms with Crippen molar-refractivity contribution in [1.29, 1.82) is 0 Å². The SMILES string of the molecule is CCOC1(C(=O)c2ccc(OC)cc2)CCCCC1. The van der Waals surface area contributed by atoms with E-state index in [1.807, 2.05) is 31.2 Å². The fraction of sp³-hybridized carbons (Fsp3) is 0.562. The highest BCUT2D eigenvalue weighted by molar-refractivity contribution is 6.02. The van der Waals surface area contributed by atoms with Crippen LogP contribution in [0.1, 0.15) is 49.4 Å². The van der Waals surface area contributed by atoms with Crippen molar-refractivity contribution in [2.75, 3.05) is 13.7 Å². The highest BCUT2D eigenvalue weighted by atomic mass is 16.5. The number of carbonyl (C=O) groups is 1. The number of rotatable bonds is 5. The normalized spacial score (nSPS) is 18.0. The minimum absolute atomic E-state index is 0.122. The highest BCUT2D eigenvalue weighted by Gasteiger charge is 2.40. The van der Waals surface area contributed by atoms with E-state index in [1.54, 1.807) is 7.11 Å². The molecule has 1 aliphatic carbocycles. The average Bonchev–Trinajstić information content (AvgIpc) is 2.48. The van der Waals surface area contributed by atoms with Gasteiger partial charge in [0.25, 0.3) is 0 Å². The first-order valence-corrected chi connectivity index (χ1v) is 7.04. The second-order valence-corrected chi connectivity index (χ2v) is 5.05. The Morgan fingerprint density at radius 3 is 2.32 bits per heavy atom. The molecule has 0 aromatic heterocycles. The lowest BCUT2D eigenvalue weighted by Gasteiger charge is -2.35. The zero-order valence-electron chi connectivity index (χ0n) is 11.8. The van der Waals surface area contributed by atoms with Gasteiger partial charge in [-0.25, -0.2) is 0 Å². The number of Topliss-reactive ketones (excluding diaryl/α,β-unsaturated/α-hetero) is 1. The van der Waals surface area contributed by atoms with Crippen LogP contribution >= 0.6 is 0 Å². The summed E-state index contributed by atoms with van der Waals surface area (Å²) in [6, 6.07) is 7.32. The largest absolute Gasteiger partial charge is 0.497 e. The molecule has 1 aromatic carbocycles. The predicted molar refractivity (Wildman–Crippen MR) is 74.8 cm³/mol. The van der Waals surface area contributed by atoms with E-state index >= 15 is 0 Å². The number of benzene rings is 1. The number of ether oxygens (including phenoxy) is 2. The van der Waals surface area contributed by atoms with Crippen LogP contribution in [0.3, 0.4) is 0 Å². The Morgan fingerprint density at radius 1 is 1.16 bits per heavy atom. The Kier molecular flexibility index (Phi) is 4.59. The Labute approximate surface area is 114 Å². The maximum atomic E-state index is 12.7. The van der Waals surface area contributed by atoms with Gasteiger partial charge in [-0.1, -0.05) is 19.3 Å². The van der Waals surface area contributed by atoms with Crippen LogP contribution in [-0.2, 0) is 4.74 Å². The molecule has 0 N–H and O–H groups in total. The number of methoxy groups -OCH3 is 1. The van der Waals surface area contributed by atoms with Gasteiger partial charge in [-0.2, -0.15) is 0 Å². The third kappa shape index (κ3) is 2.98. The van der Waals surface area contributed by atoms with Gasteiger partial charge in [0.15, 0.2) is 5.78 Å². The van der Waals surface area contributed by atoms with Crippen molar-refractivity contribution in [2.24, 2.45) is 0 Å². The molecule has 0 heterocycles. The van der Waals surface area contributed by atoms with Crippen LogP contribution in [-0.4, -0.2) is 25.1 Å². The Morgan fingerprint density at radius 2 is 1.79 bits per heavy atom. The van der Waals surface area contributed by atoms with Gasteiger partial charge in [0.05, 0.1) is 7.11 Å². The molecule has 1 aliphatic rings. The minimum atomic E-state index is -0.596. The van der Waals surface area contributed by atoms with Crippen LogP contribution in [0.4, 0.5) is 0 Å². The van der Waals surface area contributed by atoms with E-state index in [0.717, 1.165) is 37.0 Å². The summed E-state index contributed by atoms with van der Waals surface area (Å²) >= 11 is 0. The van der Waals surface area contributed by atoms with Crippen LogP contribution in [0.5, 0.6) is 5.75 Å².